The van der Waals surface area contributed by atoms with Crippen LogP contribution in [0.15, 0.2) is 24.3 Å². The highest BCUT2D eigenvalue weighted by atomic mass is 32.1. The third-order valence-electron chi connectivity index (χ3n) is 7.02. The molecule has 3 aromatic rings. The van der Waals surface area contributed by atoms with Crippen LogP contribution in [0.25, 0.3) is 9.75 Å². The van der Waals surface area contributed by atoms with Crippen molar-refractivity contribution in [3.8, 4) is 9.75 Å². The van der Waals surface area contributed by atoms with Crippen LogP contribution in [0.1, 0.15) is 79.8 Å². The molecule has 168 valence electrons. The van der Waals surface area contributed by atoms with E-state index in [9.17, 15) is 0 Å². The first kappa shape index (κ1) is 23.5. The van der Waals surface area contributed by atoms with Gasteiger partial charge in [0, 0.05) is 28.9 Å². The maximum atomic E-state index is 2.59. The Morgan fingerprint density at radius 2 is 1.32 bits per heavy atom. The van der Waals surface area contributed by atoms with Crippen LogP contribution in [0.2, 0.25) is 6.04 Å². The van der Waals surface area contributed by atoms with E-state index in [2.05, 4.69) is 92.9 Å². The number of aryl methyl sites for hydroxylation is 3. The fourth-order valence-corrected chi connectivity index (χ4v) is 17.0. The molecule has 0 nitrogen and oxygen atoms in total. The molecule has 3 aromatic heterocycles. The quantitative estimate of drug-likeness (QED) is 0.190. The van der Waals surface area contributed by atoms with Crippen LogP contribution < -0.4 is 14.9 Å². The molecule has 4 rings (SSSR count). The van der Waals surface area contributed by atoms with Crippen molar-refractivity contribution in [2.24, 2.45) is 5.92 Å². The SMILES string of the molecule is CCCCCCC(CCCC)C[Si]1(c2ccc(C)s2)c2cc(C)sc2-c2sc(C)cc21. The molecule has 1 unspecified atom stereocenters. The molecule has 0 N–H and O–H groups in total. The molecule has 0 bridgehead atoms. The zero-order valence-electron chi connectivity index (χ0n) is 20.0. The first-order chi connectivity index (χ1) is 15.0. The Bertz CT molecular complexity index is 960. The zero-order chi connectivity index (χ0) is 22.0. The molecule has 0 radical (unpaired) electrons. The number of unbranched alkanes of at least 4 members (excludes halogenated alkanes) is 4. The zero-order valence-corrected chi connectivity index (χ0v) is 23.4. The van der Waals surface area contributed by atoms with Crippen molar-refractivity contribution in [3.63, 3.8) is 0 Å². The smallest absolute Gasteiger partial charge is 0.149 e. The topological polar surface area (TPSA) is 0 Å². The van der Waals surface area contributed by atoms with E-state index < -0.39 is 8.07 Å². The highest BCUT2D eigenvalue weighted by Gasteiger charge is 2.51. The van der Waals surface area contributed by atoms with Crippen molar-refractivity contribution in [1.29, 1.82) is 0 Å². The van der Waals surface area contributed by atoms with Gasteiger partial charge in [0.1, 0.15) is 0 Å². The maximum Gasteiger partial charge on any atom is 0.164 e. The molecule has 0 aromatic carbocycles. The van der Waals surface area contributed by atoms with Crippen molar-refractivity contribution < 1.29 is 0 Å². The van der Waals surface area contributed by atoms with Crippen molar-refractivity contribution in [1.82, 2.24) is 0 Å². The van der Waals surface area contributed by atoms with Gasteiger partial charge >= 0.3 is 0 Å². The summed E-state index contributed by atoms with van der Waals surface area (Å²) in [6.45, 7) is 11.6. The average Bonchev–Trinajstić information content (AvgIpc) is 3.48. The van der Waals surface area contributed by atoms with Crippen LogP contribution in [-0.4, -0.2) is 8.07 Å². The van der Waals surface area contributed by atoms with Crippen molar-refractivity contribution in [2.45, 2.75) is 92.0 Å². The predicted octanol–water partition coefficient (Wildman–Crippen LogP) is 8.02. The van der Waals surface area contributed by atoms with Crippen molar-refractivity contribution in [2.75, 3.05) is 0 Å². The van der Waals surface area contributed by atoms with E-state index in [-0.39, 0.29) is 0 Å². The molecule has 4 heteroatoms. The van der Waals surface area contributed by atoms with Crippen LogP contribution in [0, 0.1) is 26.7 Å². The van der Waals surface area contributed by atoms with Gasteiger partial charge in [-0.05, 0) is 61.3 Å². The average molecular weight is 487 g/mol. The Morgan fingerprint density at radius 1 is 0.710 bits per heavy atom. The van der Waals surface area contributed by atoms with Crippen LogP contribution in [0.5, 0.6) is 0 Å². The summed E-state index contributed by atoms with van der Waals surface area (Å²) in [6, 6.07) is 11.5. The van der Waals surface area contributed by atoms with Gasteiger partial charge < -0.3 is 0 Å². The lowest BCUT2D eigenvalue weighted by molar-refractivity contribution is 0.442. The van der Waals surface area contributed by atoms with E-state index in [4.69, 9.17) is 0 Å². The minimum absolute atomic E-state index is 0.866. The first-order valence-corrected chi connectivity index (χ1v) is 16.9. The van der Waals surface area contributed by atoms with E-state index >= 15 is 0 Å². The van der Waals surface area contributed by atoms with Gasteiger partial charge in [0.25, 0.3) is 0 Å². The van der Waals surface area contributed by atoms with Crippen LogP contribution in [0.4, 0.5) is 0 Å². The van der Waals surface area contributed by atoms with Gasteiger partial charge in [0.2, 0.25) is 0 Å². The fourth-order valence-electron chi connectivity index (χ4n) is 5.53. The summed E-state index contributed by atoms with van der Waals surface area (Å²) < 4.78 is 1.72. The van der Waals surface area contributed by atoms with Gasteiger partial charge in [0.05, 0.1) is 0 Å². The summed E-state index contributed by atoms with van der Waals surface area (Å²) in [5.74, 6) is 0.866. The van der Waals surface area contributed by atoms with Crippen LogP contribution in [-0.2, 0) is 0 Å². The summed E-state index contributed by atoms with van der Waals surface area (Å²) in [6.07, 6.45) is 11.1. The van der Waals surface area contributed by atoms with Gasteiger partial charge in [-0.15, -0.1) is 34.0 Å². The first-order valence-electron chi connectivity index (χ1n) is 12.3. The highest BCUT2D eigenvalue weighted by Crippen LogP contribution is 2.42. The maximum absolute atomic E-state index is 2.59. The molecule has 0 spiro atoms. The van der Waals surface area contributed by atoms with E-state index in [1.165, 1.54) is 72.0 Å². The molecule has 4 heterocycles. The Hall–Kier alpha value is -0.683. The molecular formula is C27H38S3Si. The summed E-state index contributed by atoms with van der Waals surface area (Å²) in [5.41, 5.74) is 0. The second-order valence-electron chi connectivity index (χ2n) is 9.58. The van der Waals surface area contributed by atoms with Crippen molar-refractivity contribution in [3.05, 3.63) is 38.9 Å². The minimum atomic E-state index is -1.93. The lowest BCUT2D eigenvalue weighted by atomic mass is 9.97. The monoisotopic (exact) mass is 486 g/mol. The van der Waals surface area contributed by atoms with Crippen molar-refractivity contribution >= 4 is 57.0 Å². The second kappa shape index (κ2) is 10.1. The molecule has 0 fully saturated rings. The Kier molecular flexibility index (Phi) is 7.63. The highest BCUT2D eigenvalue weighted by molar-refractivity contribution is 7.38. The van der Waals surface area contributed by atoms with Gasteiger partial charge in [0.15, 0.2) is 8.07 Å². The van der Waals surface area contributed by atoms with Gasteiger partial charge in [-0.1, -0.05) is 71.3 Å². The molecule has 0 saturated carbocycles. The Labute approximate surface area is 202 Å². The number of hydrogen-bond acceptors (Lipinski definition) is 3. The van der Waals surface area contributed by atoms with Crippen LogP contribution >= 0.6 is 34.0 Å². The van der Waals surface area contributed by atoms with E-state index in [1.54, 1.807) is 24.6 Å². The Morgan fingerprint density at radius 3 is 1.87 bits per heavy atom. The number of rotatable bonds is 11. The minimum Gasteiger partial charge on any atom is -0.149 e. The Balaban J connectivity index is 1.79. The third kappa shape index (κ3) is 4.55. The van der Waals surface area contributed by atoms with Gasteiger partial charge in [-0.25, -0.2) is 0 Å². The second-order valence-corrected chi connectivity index (χ2v) is 17.6. The number of hydrogen-bond donors (Lipinski definition) is 0. The van der Waals surface area contributed by atoms with E-state index in [1.807, 2.05) is 0 Å². The lowest BCUT2D eigenvalue weighted by Gasteiger charge is -2.32. The van der Waals surface area contributed by atoms with E-state index in [0.717, 1.165) is 5.92 Å². The summed E-state index contributed by atoms with van der Waals surface area (Å²) in [4.78, 5) is 7.73. The standard InChI is InChI=1S/C27H38S3Si/c1-6-8-10-11-13-22(12-9-7-2)18-31(25-15-14-19(3)28-25)23-16-20(4)29-26(23)27-24(31)17-21(5)30-27/h14-17,22H,6-13,18H2,1-5H3. The molecule has 31 heavy (non-hydrogen) atoms. The summed E-state index contributed by atoms with van der Waals surface area (Å²) in [5, 5.41) is 3.52. The van der Waals surface area contributed by atoms with E-state index in [0.29, 0.717) is 0 Å². The number of thiophene rings is 3. The molecule has 1 aliphatic heterocycles. The predicted molar refractivity (Wildman–Crippen MR) is 147 cm³/mol. The normalized spacial score (nSPS) is 15.3. The summed E-state index contributed by atoms with van der Waals surface area (Å²) >= 11 is 6.21. The molecule has 0 saturated heterocycles. The molecule has 0 amide bonds. The lowest BCUT2D eigenvalue weighted by Crippen LogP contribution is -2.64. The number of fused-ring (bicyclic) bond motifs is 3. The van der Waals surface area contributed by atoms with Gasteiger partial charge in [-0.2, -0.15) is 0 Å². The third-order valence-corrected chi connectivity index (χ3v) is 16.6. The molecular weight excluding hydrogens is 449 g/mol. The van der Waals surface area contributed by atoms with Gasteiger partial charge in [-0.3, -0.25) is 0 Å². The van der Waals surface area contributed by atoms with Crippen LogP contribution in [0.3, 0.4) is 0 Å². The molecule has 0 aliphatic carbocycles. The summed E-state index contributed by atoms with van der Waals surface area (Å²) in [7, 11) is -1.93. The largest absolute Gasteiger partial charge is 0.164 e. The molecule has 1 atom stereocenters. The fraction of sp³-hybridized carbons (Fsp3) is 0.556. The molecule has 1 aliphatic rings.